The number of hydrogen-bond donors (Lipinski definition) is 1. The number of likely N-dealkylation sites (N-methyl/N-ethyl adjacent to an activating group) is 1. The number of hydrogen-bond acceptors (Lipinski definition) is 4. The van der Waals surface area contributed by atoms with Gasteiger partial charge >= 0.3 is 0 Å². The molecule has 1 atom stereocenters. The molecule has 1 unspecified atom stereocenters. The number of rotatable bonds is 9. The van der Waals surface area contributed by atoms with Gasteiger partial charge in [0.1, 0.15) is 12.3 Å². The molecule has 0 aliphatic carbocycles. The maximum Gasteiger partial charge on any atom is 0.246 e. The highest BCUT2D eigenvalue weighted by molar-refractivity contribution is 9.10. The first kappa shape index (κ1) is 26.4. The van der Waals surface area contributed by atoms with E-state index in [1.807, 2.05) is 29.0 Å². The second-order valence-corrected chi connectivity index (χ2v) is 11.4. The number of carbonyl (C=O) groups is 3. The standard InChI is InChI=1S/C30H33BrN4O3/c1-3-30(38)35-17-24(18-35)32-29(37)19-34-16-22(27-14-23(31)8-11-28(27)34)13-26(36)10-9-25-12-20-6-4-5-7-21(20)15-33(25)2/h3-8,11,14,16,24-25H,1,9-10,12-13,15,17-19H2,2H3,(H,32,37). The topological polar surface area (TPSA) is 74.6 Å². The zero-order chi connectivity index (χ0) is 26.8. The van der Waals surface area contributed by atoms with Crippen molar-refractivity contribution in [2.45, 2.75) is 50.9 Å². The van der Waals surface area contributed by atoms with Crippen LogP contribution in [0.3, 0.4) is 0 Å². The summed E-state index contributed by atoms with van der Waals surface area (Å²) in [6.45, 7) is 5.57. The highest BCUT2D eigenvalue weighted by atomic mass is 79.9. The van der Waals surface area contributed by atoms with Crippen molar-refractivity contribution in [2.24, 2.45) is 0 Å². The Morgan fingerprint density at radius 1 is 1.13 bits per heavy atom. The van der Waals surface area contributed by atoms with Crippen LogP contribution in [0.15, 0.2) is 65.8 Å². The Morgan fingerprint density at radius 3 is 2.66 bits per heavy atom. The number of ketones is 1. The Bertz CT molecular complexity index is 1390. The third kappa shape index (κ3) is 5.76. The van der Waals surface area contributed by atoms with Gasteiger partial charge in [-0.05, 0) is 60.9 Å². The van der Waals surface area contributed by atoms with Crippen molar-refractivity contribution in [3.05, 3.63) is 82.5 Å². The van der Waals surface area contributed by atoms with Crippen LogP contribution in [-0.4, -0.2) is 64.2 Å². The molecule has 3 aromatic rings. The molecule has 7 nitrogen and oxygen atoms in total. The van der Waals surface area contributed by atoms with Crippen molar-refractivity contribution in [1.82, 2.24) is 19.7 Å². The molecule has 1 fully saturated rings. The summed E-state index contributed by atoms with van der Waals surface area (Å²) in [4.78, 5) is 41.5. The van der Waals surface area contributed by atoms with Gasteiger partial charge in [0.05, 0.1) is 6.04 Å². The molecular weight excluding hydrogens is 544 g/mol. The fourth-order valence-electron chi connectivity index (χ4n) is 5.59. The number of carbonyl (C=O) groups excluding carboxylic acids is 3. The summed E-state index contributed by atoms with van der Waals surface area (Å²) in [6, 6.07) is 14.8. The first-order valence-corrected chi connectivity index (χ1v) is 13.9. The van der Waals surface area contributed by atoms with E-state index in [9.17, 15) is 14.4 Å². The maximum absolute atomic E-state index is 13.1. The first-order chi connectivity index (χ1) is 18.3. The average Bonchev–Trinajstić information content (AvgIpc) is 3.19. The molecule has 0 bridgehead atoms. The molecule has 0 spiro atoms. The molecule has 0 saturated carbocycles. The van der Waals surface area contributed by atoms with E-state index in [4.69, 9.17) is 0 Å². The van der Waals surface area contributed by atoms with Crippen molar-refractivity contribution in [2.75, 3.05) is 20.1 Å². The smallest absolute Gasteiger partial charge is 0.246 e. The Labute approximate surface area is 231 Å². The third-order valence-electron chi connectivity index (χ3n) is 7.73. The summed E-state index contributed by atoms with van der Waals surface area (Å²) in [5.74, 6) is -0.0204. The van der Waals surface area contributed by atoms with E-state index in [-0.39, 0.29) is 30.2 Å². The molecule has 2 aliphatic rings. The van der Waals surface area contributed by atoms with Gasteiger partial charge in [-0.2, -0.15) is 0 Å². The van der Waals surface area contributed by atoms with Gasteiger partial charge < -0.3 is 14.8 Å². The molecule has 2 aromatic carbocycles. The second kappa shape index (κ2) is 11.3. The molecule has 2 aliphatic heterocycles. The van der Waals surface area contributed by atoms with E-state index in [0.29, 0.717) is 32.0 Å². The number of benzene rings is 2. The normalized spacial score (nSPS) is 17.6. The fourth-order valence-corrected chi connectivity index (χ4v) is 5.95. The predicted molar refractivity (Wildman–Crippen MR) is 152 cm³/mol. The zero-order valence-corrected chi connectivity index (χ0v) is 23.2. The molecule has 1 saturated heterocycles. The SMILES string of the molecule is C=CC(=O)N1CC(NC(=O)Cn2cc(CC(=O)CCC3Cc4ccccc4CN3C)c3cc(Br)ccc32)C1. The van der Waals surface area contributed by atoms with Crippen LogP contribution in [0.25, 0.3) is 10.9 Å². The Balaban J connectivity index is 1.21. The Hall–Kier alpha value is -3.23. The summed E-state index contributed by atoms with van der Waals surface area (Å²) in [6.07, 6.45) is 5.90. The number of nitrogens with one attached hydrogen (secondary N) is 1. The molecule has 38 heavy (non-hydrogen) atoms. The number of fused-ring (bicyclic) bond motifs is 2. The minimum absolute atomic E-state index is 0.0479. The highest BCUT2D eigenvalue weighted by Crippen LogP contribution is 2.28. The van der Waals surface area contributed by atoms with E-state index >= 15 is 0 Å². The van der Waals surface area contributed by atoms with Gasteiger partial charge in [0.2, 0.25) is 11.8 Å². The quantitative estimate of drug-likeness (QED) is 0.392. The van der Waals surface area contributed by atoms with Gasteiger partial charge in [-0.15, -0.1) is 0 Å². The number of nitrogens with zero attached hydrogens (tertiary/aromatic N) is 3. The zero-order valence-electron chi connectivity index (χ0n) is 21.7. The van der Waals surface area contributed by atoms with Gasteiger partial charge in [-0.3, -0.25) is 19.3 Å². The number of likely N-dealkylation sites (tertiary alicyclic amines) is 1. The van der Waals surface area contributed by atoms with Crippen LogP contribution < -0.4 is 5.32 Å². The van der Waals surface area contributed by atoms with E-state index in [1.165, 1.54) is 17.2 Å². The molecule has 5 rings (SSSR count). The van der Waals surface area contributed by atoms with E-state index in [0.717, 1.165) is 40.3 Å². The number of aromatic nitrogens is 1. The molecule has 198 valence electrons. The molecule has 2 amide bonds. The first-order valence-electron chi connectivity index (χ1n) is 13.1. The summed E-state index contributed by atoms with van der Waals surface area (Å²) < 4.78 is 2.85. The van der Waals surface area contributed by atoms with Crippen LogP contribution in [0.5, 0.6) is 0 Å². The van der Waals surface area contributed by atoms with Crippen LogP contribution in [-0.2, 0) is 40.3 Å². The van der Waals surface area contributed by atoms with Crippen molar-refractivity contribution in [3.63, 3.8) is 0 Å². The third-order valence-corrected chi connectivity index (χ3v) is 8.23. The molecular formula is C30H33BrN4O3. The van der Waals surface area contributed by atoms with Crippen LogP contribution in [0.4, 0.5) is 0 Å². The summed E-state index contributed by atoms with van der Waals surface area (Å²) in [5, 5.41) is 3.98. The number of amides is 2. The fraction of sp³-hybridized carbons (Fsp3) is 0.367. The van der Waals surface area contributed by atoms with Crippen LogP contribution in [0.1, 0.15) is 29.5 Å². The summed E-state index contributed by atoms with van der Waals surface area (Å²) >= 11 is 3.55. The lowest BCUT2D eigenvalue weighted by atomic mass is 9.91. The van der Waals surface area contributed by atoms with Crippen molar-refractivity contribution in [1.29, 1.82) is 0 Å². The van der Waals surface area contributed by atoms with E-state index < -0.39 is 0 Å². The van der Waals surface area contributed by atoms with Gasteiger partial charge in [-0.25, -0.2) is 0 Å². The van der Waals surface area contributed by atoms with Crippen molar-refractivity contribution >= 4 is 44.4 Å². The van der Waals surface area contributed by atoms with Gasteiger partial charge in [0, 0.05) is 60.1 Å². The minimum atomic E-state index is -0.119. The molecule has 1 N–H and O–H groups in total. The number of Topliss-reactive ketones (excluding diaryl/α,β-unsaturated/α-hetero) is 1. The Kier molecular flexibility index (Phi) is 7.81. The van der Waals surface area contributed by atoms with Crippen LogP contribution in [0.2, 0.25) is 0 Å². The largest absolute Gasteiger partial charge is 0.348 e. The lowest BCUT2D eigenvalue weighted by Crippen LogP contribution is -2.61. The van der Waals surface area contributed by atoms with Crippen LogP contribution >= 0.6 is 15.9 Å². The van der Waals surface area contributed by atoms with E-state index in [2.05, 4.69) is 64.0 Å². The maximum atomic E-state index is 13.1. The van der Waals surface area contributed by atoms with Crippen molar-refractivity contribution in [3.8, 4) is 0 Å². The number of halogens is 1. The van der Waals surface area contributed by atoms with Crippen LogP contribution in [0, 0.1) is 0 Å². The summed E-state index contributed by atoms with van der Waals surface area (Å²) in [7, 11) is 2.14. The lowest BCUT2D eigenvalue weighted by Gasteiger charge is -2.38. The highest BCUT2D eigenvalue weighted by Gasteiger charge is 2.30. The second-order valence-electron chi connectivity index (χ2n) is 10.5. The predicted octanol–water partition coefficient (Wildman–Crippen LogP) is 3.87. The monoisotopic (exact) mass is 576 g/mol. The molecule has 1 aromatic heterocycles. The summed E-state index contributed by atoms with van der Waals surface area (Å²) in [5.41, 5.74) is 4.62. The van der Waals surface area contributed by atoms with Gasteiger partial charge in [-0.1, -0.05) is 46.8 Å². The minimum Gasteiger partial charge on any atom is -0.348 e. The van der Waals surface area contributed by atoms with Gasteiger partial charge in [0.15, 0.2) is 0 Å². The molecule has 8 heteroatoms. The average molecular weight is 578 g/mol. The Morgan fingerprint density at radius 2 is 1.89 bits per heavy atom. The molecule has 3 heterocycles. The lowest BCUT2D eigenvalue weighted by molar-refractivity contribution is -0.133. The van der Waals surface area contributed by atoms with Crippen molar-refractivity contribution < 1.29 is 14.4 Å². The van der Waals surface area contributed by atoms with E-state index in [1.54, 1.807) is 4.90 Å². The van der Waals surface area contributed by atoms with Gasteiger partial charge in [0.25, 0.3) is 0 Å². The molecule has 0 radical (unpaired) electrons.